The molecule has 0 amide bonds. The lowest BCUT2D eigenvalue weighted by atomic mass is 10.00. The summed E-state index contributed by atoms with van der Waals surface area (Å²) in [6.45, 7) is 4.86. The number of likely N-dealkylation sites (N-methyl/N-ethyl adjacent to an activating group) is 1. The average Bonchev–Trinajstić information content (AvgIpc) is 2.75. The second-order valence-corrected chi connectivity index (χ2v) is 6.40. The van der Waals surface area contributed by atoms with Gasteiger partial charge in [0.1, 0.15) is 0 Å². The molecular formula is C14H27BrN4O. The average molecular weight is 347 g/mol. The van der Waals surface area contributed by atoms with Gasteiger partial charge in [-0.05, 0) is 49.4 Å². The maximum absolute atomic E-state index is 5.24. The van der Waals surface area contributed by atoms with Gasteiger partial charge >= 0.3 is 0 Å². The number of nitrogens with one attached hydrogen (secondary N) is 1. The van der Waals surface area contributed by atoms with E-state index in [0.29, 0.717) is 5.92 Å². The summed E-state index contributed by atoms with van der Waals surface area (Å²) >= 11 is 3.63. The second-order valence-electron chi connectivity index (χ2n) is 5.54. The molecule has 1 aromatic rings. The van der Waals surface area contributed by atoms with E-state index in [9.17, 15) is 0 Å². The minimum atomic E-state index is 0.277. The molecular weight excluding hydrogens is 320 g/mol. The van der Waals surface area contributed by atoms with Gasteiger partial charge in [-0.15, -0.1) is 0 Å². The Balaban J connectivity index is 2.82. The van der Waals surface area contributed by atoms with E-state index in [1.807, 2.05) is 13.2 Å². The number of hydrogen-bond donors (Lipinski definition) is 1. The molecule has 1 heterocycles. The predicted molar refractivity (Wildman–Crippen MR) is 85.9 cm³/mol. The van der Waals surface area contributed by atoms with E-state index in [-0.39, 0.29) is 6.04 Å². The monoisotopic (exact) mass is 346 g/mol. The maximum atomic E-state index is 5.24. The van der Waals surface area contributed by atoms with Crippen LogP contribution in [0.4, 0.5) is 0 Å². The lowest BCUT2D eigenvalue weighted by Gasteiger charge is -2.22. The Bertz CT molecular complexity index is 395. The van der Waals surface area contributed by atoms with Crippen LogP contribution in [0.3, 0.4) is 0 Å². The molecule has 1 aromatic heterocycles. The van der Waals surface area contributed by atoms with Crippen LogP contribution < -0.4 is 5.32 Å². The van der Waals surface area contributed by atoms with Gasteiger partial charge in [0.25, 0.3) is 0 Å². The van der Waals surface area contributed by atoms with Crippen molar-refractivity contribution in [3.05, 3.63) is 16.4 Å². The summed E-state index contributed by atoms with van der Waals surface area (Å²) < 4.78 is 8.39. The van der Waals surface area contributed by atoms with Crippen molar-refractivity contribution in [3.63, 3.8) is 0 Å². The zero-order valence-electron chi connectivity index (χ0n) is 13.2. The topological polar surface area (TPSA) is 42.3 Å². The van der Waals surface area contributed by atoms with Gasteiger partial charge in [0.2, 0.25) is 0 Å². The normalized spacial score (nSPS) is 14.8. The first-order valence-corrected chi connectivity index (χ1v) is 7.81. The van der Waals surface area contributed by atoms with Crippen molar-refractivity contribution in [1.82, 2.24) is 20.0 Å². The van der Waals surface area contributed by atoms with E-state index in [2.05, 4.69) is 56.9 Å². The molecule has 0 saturated heterocycles. The third-order valence-electron chi connectivity index (χ3n) is 3.36. The summed E-state index contributed by atoms with van der Waals surface area (Å²) in [6, 6.07) is 0.277. The summed E-state index contributed by atoms with van der Waals surface area (Å²) in [5.74, 6) is 0.501. The van der Waals surface area contributed by atoms with Crippen LogP contribution in [0.1, 0.15) is 25.1 Å². The number of ether oxygens (including phenoxy) is 1. The van der Waals surface area contributed by atoms with E-state index in [0.717, 1.165) is 30.6 Å². The first-order valence-electron chi connectivity index (χ1n) is 7.01. The molecule has 0 spiro atoms. The maximum Gasteiger partial charge on any atom is 0.0696 e. The summed E-state index contributed by atoms with van der Waals surface area (Å²) in [7, 11) is 7.91. The Morgan fingerprint density at radius 3 is 2.75 bits per heavy atom. The van der Waals surface area contributed by atoms with Gasteiger partial charge in [0.15, 0.2) is 0 Å². The van der Waals surface area contributed by atoms with Crippen molar-refractivity contribution >= 4 is 15.9 Å². The molecule has 116 valence electrons. The van der Waals surface area contributed by atoms with Crippen LogP contribution in [-0.4, -0.2) is 56.1 Å². The number of halogens is 1. The molecule has 2 atom stereocenters. The van der Waals surface area contributed by atoms with Crippen LogP contribution in [0.15, 0.2) is 10.7 Å². The second kappa shape index (κ2) is 8.77. The molecule has 0 radical (unpaired) electrons. The first kappa shape index (κ1) is 17.6. The lowest BCUT2D eigenvalue weighted by molar-refractivity contribution is 0.149. The van der Waals surface area contributed by atoms with Gasteiger partial charge in [0, 0.05) is 20.3 Å². The van der Waals surface area contributed by atoms with Crippen LogP contribution >= 0.6 is 15.9 Å². The molecule has 0 fully saturated rings. The van der Waals surface area contributed by atoms with Crippen LogP contribution in [0.2, 0.25) is 0 Å². The van der Waals surface area contributed by atoms with Crippen molar-refractivity contribution in [2.24, 2.45) is 5.92 Å². The summed E-state index contributed by atoms with van der Waals surface area (Å²) in [5.41, 5.74) is 1.22. The highest BCUT2D eigenvalue weighted by Gasteiger charge is 2.21. The molecule has 0 aliphatic carbocycles. The van der Waals surface area contributed by atoms with Crippen molar-refractivity contribution in [2.75, 3.05) is 41.4 Å². The number of hydrogen-bond acceptors (Lipinski definition) is 4. The number of methoxy groups -OCH3 is 1. The quantitative estimate of drug-likeness (QED) is 0.743. The van der Waals surface area contributed by atoms with Crippen LogP contribution in [0.5, 0.6) is 0 Å². The van der Waals surface area contributed by atoms with Gasteiger partial charge in [0.05, 0.1) is 29.0 Å². The predicted octanol–water partition coefficient (Wildman–Crippen LogP) is 2.14. The third kappa shape index (κ3) is 5.16. The summed E-state index contributed by atoms with van der Waals surface area (Å²) in [4.78, 5) is 2.17. The molecule has 1 N–H and O–H groups in total. The largest absolute Gasteiger partial charge is 0.384 e. The fourth-order valence-electron chi connectivity index (χ4n) is 2.31. The first-order chi connectivity index (χ1) is 9.49. The van der Waals surface area contributed by atoms with E-state index in [4.69, 9.17) is 4.74 Å². The molecule has 6 heteroatoms. The Hall–Kier alpha value is -0.430. The van der Waals surface area contributed by atoms with Gasteiger partial charge in [-0.1, -0.05) is 6.92 Å². The van der Waals surface area contributed by atoms with Crippen LogP contribution in [0.25, 0.3) is 0 Å². The number of nitrogens with zero attached hydrogens (tertiary/aromatic N) is 3. The number of rotatable bonds is 9. The van der Waals surface area contributed by atoms with Crippen molar-refractivity contribution in [1.29, 1.82) is 0 Å². The number of aromatic nitrogens is 2. The van der Waals surface area contributed by atoms with Crippen molar-refractivity contribution in [2.45, 2.75) is 25.9 Å². The molecule has 5 nitrogen and oxygen atoms in total. The van der Waals surface area contributed by atoms with E-state index in [1.165, 1.54) is 5.69 Å². The Morgan fingerprint density at radius 2 is 2.20 bits per heavy atom. The van der Waals surface area contributed by atoms with E-state index in [1.54, 1.807) is 7.11 Å². The Morgan fingerprint density at radius 1 is 1.50 bits per heavy atom. The third-order valence-corrected chi connectivity index (χ3v) is 3.97. The Labute approximate surface area is 130 Å². The lowest BCUT2D eigenvalue weighted by Crippen LogP contribution is -2.26. The summed E-state index contributed by atoms with van der Waals surface area (Å²) in [5, 5.41) is 7.88. The fraction of sp³-hybridized carbons (Fsp3) is 0.786. The highest BCUT2D eigenvalue weighted by atomic mass is 79.9. The molecule has 0 aliphatic rings. The zero-order chi connectivity index (χ0) is 15.1. The van der Waals surface area contributed by atoms with Gasteiger partial charge in [-0.3, -0.25) is 4.68 Å². The Kier molecular flexibility index (Phi) is 7.72. The standard InChI is InChI=1S/C14H27BrN4O/c1-11(10-20-5)8-13(16-2)14-12(15)9-17-19(14)7-6-18(3)4/h9,11,13,16H,6-8,10H2,1-5H3. The van der Waals surface area contributed by atoms with E-state index >= 15 is 0 Å². The SMILES string of the molecule is CNC(CC(C)COC)c1c(Br)cnn1CCN(C)C. The van der Waals surface area contributed by atoms with Gasteiger partial charge in [-0.2, -0.15) is 5.10 Å². The fourth-order valence-corrected chi connectivity index (χ4v) is 2.88. The van der Waals surface area contributed by atoms with Crippen LogP contribution in [0, 0.1) is 5.92 Å². The smallest absolute Gasteiger partial charge is 0.0696 e. The highest BCUT2D eigenvalue weighted by Crippen LogP contribution is 2.28. The van der Waals surface area contributed by atoms with E-state index < -0.39 is 0 Å². The van der Waals surface area contributed by atoms with Gasteiger partial charge in [-0.25, -0.2) is 0 Å². The minimum Gasteiger partial charge on any atom is -0.384 e. The zero-order valence-corrected chi connectivity index (χ0v) is 14.8. The van der Waals surface area contributed by atoms with Crippen LogP contribution in [-0.2, 0) is 11.3 Å². The van der Waals surface area contributed by atoms with Crippen molar-refractivity contribution < 1.29 is 4.74 Å². The van der Waals surface area contributed by atoms with Gasteiger partial charge < -0.3 is 15.0 Å². The molecule has 0 aromatic carbocycles. The van der Waals surface area contributed by atoms with Crippen molar-refractivity contribution in [3.8, 4) is 0 Å². The summed E-state index contributed by atoms with van der Waals surface area (Å²) in [6.07, 6.45) is 2.91. The molecule has 0 bridgehead atoms. The minimum absolute atomic E-state index is 0.277. The molecule has 1 rings (SSSR count). The molecule has 20 heavy (non-hydrogen) atoms. The highest BCUT2D eigenvalue weighted by molar-refractivity contribution is 9.10. The molecule has 2 unspecified atom stereocenters. The molecule has 0 aliphatic heterocycles. The molecule has 0 saturated carbocycles.